The van der Waals surface area contributed by atoms with E-state index in [0.29, 0.717) is 12.1 Å². The van der Waals surface area contributed by atoms with Gasteiger partial charge >= 0.3 is 6.18 Å². The normalized spacial score (nSPS) is 13.6. The number of hydrogen-bond acceptors (Lipinski definition) is 3. The van der Waals surface area contributed by atoms with Gasteiger partial charge in [-0.25, -0.2) is 4.98 Å². The summed E-state index contributed by atoms with van der Waals surface area (Å²) in [4.78, 5) is 3.79. The third-order valence-electron chi connectivity index (χ3n) is 1.97. The monoisotopic (exact) mass is 234 g/mol. The fourth-order valence-corrected chi connectivity index (χ4v) is 1.09. The lowest BCUT2D eigenvalue weighted by Gasteiger charge is -2.18. The number of ether oxygens (including phenoxy) is 1. The molecular formula is C10H13F3N2O. The van der Waals surface area contributed by atoms with Crippen LogP contribution in [0.1, 0.15) is 12.5 Å². The molecule has 1 N–H and O–H groups in total. The van der Waals surface area contributed by atoms with Crippen molar-refractivity contribution in [2.24, 2.45) is 0 Å². The molecule has 0 bridgehead atoms. The molecule has 0 fully saturated rings. The van der Waals surface area contributed by atoms with Gasteiger partial charge in [-0.1, -0.05) is 6.07 Å². The maximum Gasteiger partial charge on any atom is 0.425 e. The number of hydrogen-bond donors (Lipinski definition) is 1. The lowest BCUT2D eigenvalue weighted by atomic mass is 10.2. The standard InChI is InChI=1S/C10H13F3N2O/c1-7(10(11,12)13)16-9-8(6-14-2)4-3-5-15-9/h3-5,7,14H,6H2,1-2H3. The molecule has 0 saturated carbocycles. The second-order valence-electron chi connectivity index (χ2n) is 3.30. The minimum atomic E-state index is -4.38. The van der Waals surface area contributed by atoms with Crippen molar-refractivity contribution in [3.63, 3.8) is 0 Å². The highest BCUT2D eigenvalue weighted by molar-refractivity contribution is 5.25. The molecule has 0 radical (unpaired) electrons. The van der Waals surface area contributed by atoms with Crippen molar-refractivity contribution in [2.45, 2.75) is 25.7 Å². The lowest BCUT2D eigenvalue weighted by molar-refractivity contribution is -0.190. The van der Waals surface area contributed by atoms with Crippen molar-refractivity contribution in [1.29, 1.82) is 0 Å². The van der Waals surface area contributed by atoms with E-state index in [1.807, 2.05) is 0 Å². The molecule has 0 aliphatic rings. The Hall–Kier alpha value is -1.30. The number of alkyl halides is 3. The van der Waals surface area contributed by atoms with Crippen molar-refractivity contribution in [3.8, 4) is 5.88 Å². The molecule has 1 rings (SSSR count). The molecular weight excluding hydrogens is 221 g/mol. The molecule has 3 nitrogen and oxygen atoms in total. The Bertz CT molecular complexity index is 341. The topological polar surface area (TPSA) is 34.2 Å². The van der Waals surface area contributed by atoms with Crippen molar-refractivity contribution >= 4 is 0 Å². The summed E-state index contributed by atoms with van der Waals surface area (Å²) in [6.45, 7) is 1.37. The molecule has 1 unspecified atom stereocenters. The van der Waals surface area contributed by atoms with Crippen LogP contribution in [0.3, 0.4) is 0 Å². The van der Waals surface area contributed by atoms with Crippen LogP contribution in [0.15, 0.2) is 18.3 Å². The maximum atomic E-state index is 12.3. The van der Waals surface area contributed by atoms with Crippen LogP contribution < -0.4 is 10.1 Å². The van der Waals surface area contributed by atoms with E-state index in [1.54, 1.807) is 19.2 Å². The highest BCUT2D eigenvalue weighted by Gasteiger charge is 2.38. The molecule has 0 aliphatic heterocycles. The van der Waals surface area contributed by atoms with Crippen LogP contribution in [0.5, 0.6) is 5.88 Å². The lowest BCUT2D eigenvalue weighted by Crippen LogP contribution is -2.32. The molecule has 1 atom stereocenters. The zero-order chi connectivity index (χ0) is 12.2. The van der Waals surface area contributed by atoms with Crippen LogP contribution in [0.4, 0.5) is 13.2 Å². The SMILES string of the molecule is CNCc1cccnc1OC(C)C(F)(F)F. The summed E-state index contributed by atoms with van der Waals surface area (Å²) < 4.78 is 41.6. The summed E-state index contributed by atoms with van der Waals surface area (Å²) >= 11 is 0. The van der Waals surface area contributed by atoms with Crippen LogP contribution >= 0.6 is 0 Å². The van der Waals surface area contributed by atoms with Gasteiger partial charge in [-0.2, -0.15) is 13.2 Å². The van der Waals surface area contributed by atoms with Gasteiger partial charge in [0.15, 0.2) is 6.10 Å². The zero-order valence-electron chi connectivity index (χ0n) is 9.01. The molecule has 16 heavy (non-hydrogen) atoms. The minimum absolute atomic E-state index is 0.0154. The maximum absolute atomic E-state index is 12.3. The quantitative estimate of drug-likeness (QED) is 0.866. The number of halogens is 3. The fourth-order valence-electron chi connectivity index (χ4n) is 1.09. The summed E-state index contributed by atoms with van der Waals surface area (Å²) in [5.41, 5.74) is 0.598. The van der Waals surface area contributed by atoms with Crippen molar-refractivity contribution in [2.75, 3.05) is 7.05 Å². The Labute approximate surface area is 91.6 Å². The van der Waals surface area contributed by atoms with Crippen LogP contribution in [0.2, 0.25) is 0 Å². The van der Waals surface area contributed by atoms with Crippen LogP contribution in [0, 0.1) is 0 Å². The number of nitrogens with zero attached hydrogens (tertiary/aromatic N) is 1. The molecule has 0 aromatic carbocycles. The number of rotatable bonds is 4. The Morgan fingerprint density at radius 2 is 2.19 bits per heavy atom. The summed E-state index contributed by atoms with van der Waals surface area (Å²) in [6, 6.07) is 3.32. The number of aromatic nitrogens is 1. The molecule has 0 spiro atoms. The van der Waals surface area contributed by atoms with Gasteiger partial charge < -0.3 is 10.1 Å². The van der Waals surface area contributed by atoms with E-state index < -0.39 is 12.3 Å². The highest BCUT2D eigenvalue weighted by atomic mass is 19.4. The number of pyridine rings is 1. The van der Waals surface area contributed by atoms with Crippen molar-refractivity contribution in [3.05, 3.63) is 23.9 Å². The van der Waals surface area contributed by atoms with Gasteiger partial charge in [-0.3, -0.25) is 0 Å². The molecule has 1 aromatic heterocycles. The summed E-state index contributed by atoms with van der Waals surface area (Å²) in [5, 5.41) is 2.84. The van der Waals surface area contributed by atoms with Gasteiger partial charge in [0.25, 0.3) is 0 Å². The smallest absolute Gasteiger partial charge is 0.425 e. The average molecular weight is 234 g/mol. The van der Waals surface area contributed by atoms with E-state index in [9.17, 15) is 13.2 Å². The minimum Gasteiger partial charge on any atom is -0.465 e. The Balaban J connectivity index is 2.80. The van der Waals surface area contributed by atoms with E-state index in [-0.39, 0.29) is 5.88 Å². The van der Waals surface area contributed by atoms with Gasteiger partial charge in [-0.05, 0) is 20.0 Å². The molecule has 0 saturated heterocycles. The van der Waals surface area contributed by atoms with Crippen molar-refractivity contribution in [1.82, 2.24) is 10.3 Å². The second-order valence-corrected chi connectivity index (χ2v) is 3.30. The van der Waals surface area contributed by atoms with E-state index in [4.69, 9.17) is 4.74 Å². The van der Waals surface area contributed by atoms with Gasteiger partial charge in [-0.15, -0.1) is 0 Å². The largest absolute Gasteiger partial charge is 0.465 e. The molecule has 90 valence electrons. The summed E-state index contributed by atoms with van der Waals surface area (Å²) in [7, 11) is 1.70. The predicted octanol–water partition coefficient (Wildman–Crippen LogP) is 2.13. The molecule has 6 heteroatoms. The molecule has 1 heterocycles. The van der Waals surface area contributed by atoms with Crippen LogP contribution in [-0.2, 0) is 6.54 Å². The van der Waals surface area contributed by atoms with E-state index in [0.717, 1.165) is 6.92 Å². The van der Waals surface area contributed by atoms with Gasteiger partial charge in [0, 0.05) is 18.3 Å². The van der Waals surface area contributed by atoms with Gasteiger partial charge in [0.1, 0.15) is 0 Å². The third-order valence-corrected chi connectivity index (χ3v) is 1.97. The Kier molecular flexibility index (Phi) is 4.12. The Morgan fingerprint density at radius 1 is 1.50 bits per heavy atom. The first-order chi connectivity index (χ1) is 7.45. The number of nitrogens with one attached hydrogen (secondary N) is 1. The van der Waals surface area contributed by atoms with E-state index in [1.165, 1.54) is 6.20 Å². The van der Waals surface area contributed by atoms with Crippen LogP contribution in [-0.4, -0.2) is 24.3 Å². The fraction of sp³-hybridized carbons (Fsp3) is 0.500. The van der Waals surface area contributed by atoms with E-state index in [2.05, 4.69) is 10.3 Å². The summed E-state index contributed by atoms with van der Waals surface area (Å²) in [5.74, 6) is 0.0154. The van der Waals surface area contributed by atoms with Gasteiger partial charge in [0.2, 0.25) is 5.88 Å². The highest BCUT2D eigenvalue weighted by Crippen LogP contribution is 2.25. The predicted molar refractivity (Wildman–Crippen MR) is 53.1 cm³/mol. The average Bonchev–Trinajstić information content (AvgIpc) is 2.20. The molecule has 1 aromatic rings. The van der Waals surface area contributed by atoms with Crippen LogP contribution in [0.25, 0.3) is 0 Å². The first-order valence-corrected chi connectivity index (χ1v) is 4.77. The van der Waals surface area contributed by atoms with E-state index >= 15 is 0 Å². The zero-order valence-corrected chi connectivity index (χ0v) is 9.01. The molecule has 0 aliphatic carbocycles. The van der Waals surface area contributed by atoms with Crippen molar-refractivity contribution < 1.29 is 17.9 Å². The second kappa shape index (κ2) is 5.16. The molecule has 0 amide bonds. The first-order valence-electron chi connectivity index (χ1n) is 4.77. The summed E-state index contributed by atoms with van der Waals surface area (Å²) in [6.07, 6.45) is -4.84. The Morgan fingerprint density at radius 3 is 2.75 bits per heavy atom. The third kappa shape index (κ3) is 3.37. The first kappa shape index (κ1) is 12.8. The van der Waals surface area contributed by atoms with Gasteiger partial charge in [0.05, 0.1) is 0 Å².